The minimum absolute atomic E-state index is 0.529. The number of ether oxygens (including phenoxy) is 1. The van der Waals surface area contributed by atoms with E-state index in [0.29, 0.717) is 6.61 Å². The average Bonchev–Trinajstić information content (AvgIpc) is 2.81. The van der Waals surface area contributed by atoms with Gasteiger partial charge in [-0.2, -0.15) is 0 Å². The van der Waals surface area contributed by atoms with E-state index in [0.717, 1.165) is 22.3 Å². The van der Waals surface area contributed by atoms with Crippen LogP contribution in [0, 0.1) is 0 Å². The van der Waals surface area contributed by atoms with Crippen molar-refractivity contribution in [2.24, 2.45) is 0 Å². The highest BCUT2D eigenvalue weighted by Gasteiger charge is 2.05. The average molecular weight is 224 g/mol. The Morgan fingerprint density at radius 3 is 2.53 bits per heavy atom. The molecule has 2 heteroatoms. The number of hydrogen-bond acceptors (Lipinski definition) is 2. The zero-order valence-corrected chi connectivity index (χ0v) is 9.30. The zero-order valence-electron chi connectivity index (χ0n) is 9.30. The molecule has 0 amide bonds. The summed E-state index contributed by atoms with van der Waals surface area (Å²) in [5.74, 6) is 0.873. The van der Waals surface area contributed by atoms with Crippen molar-refractivity contribution in [1.29, 1.82) is 0 Å². The molecule has 17 heavy (non-hydrogen) atoms. The third-order valence-electron chi connectivity index (χ3n) is 2.70. The molecule has 0 bridgehead atoms. The fraction of sp³-hybridized carbons (Fsp3) is 0.0667. The summed E-state index contributed by atoms with van der Waals surface area (Å²) < 4.78 is 11.2. The molecule has 2 aromatic carbocycles. The summed E-state index contributed by atoms with van der Waals surface area (Å²) in [7, 11) is 0. The topological polar surface area (TPSA) is 22.4 Å². The standard InChI is InChI=1S/C15H12O2/c1-2-6-13(7-3-1)16-10-12-11-17-15-9-5-4-8-14(12)15/h1-9,11H,10H2. The summed E-state index contributed by atoms with van der Waals surface area (Å²) in [5.41, 5.74) is 1.98. The molecule has 0 unspecified atom stereocenters. The lowest BCUT2D eigenvalue weighted by atomic mass is 10.2. The van der Waals surface area contributed by atoms with E-state index >= 15 is 0 Å². The van der Waals surface area contributed by atoms with Crippen LogP contribution < -0.4 is 4.74 Å². The first-order chi connectivity index (χ1) is 8.43. The van der Waals surface area contributed by atoms with Crippen LogP contribution in [0.3, 0.4) is 0 Å². The molecular weight excluding hydrogens is 212 g/mol. The molecule has 0 N–H and O–H groups in total. The smallest absolute Gasteiger partial charge is 0.134 e. The highest BCUT2D eigenvalue weighted by Crippen LogP contribution is 2.22. The van der Waals surface area contributed by atoms with E-state index in [9.17, 15) is 0 Å². The maximum atomic E-state index is 5.70. The number of benzene rings is 2. The van der Waals surface area contributed by atoms with E-state index in [-0.39, 0.29) is 0 Å². The minimum atomic E-state index is 0.529. The molecule has 0 saturated carbocycles. The third kappa shape index (κ3) is 2.02. The molecule has 2 nitrogen and oxygen atoms in total. The van der Waals surface area contributed by atoms with E-state index in [4.69, 9.17) is 9.15 Å². The summed E-state index contributed by atoms with van der Waals surface area (Å²) in [4.78, 5) is 0. The summed E-state index contributed by atoms with van der Waals surface area (Å²) in [6, 6.07) is 17.8. The lowest BCUT2D eigenvalue weighted by Crippen LogP contribution is -1.93. The van der Waals surface area contributed by atoms with Crippen molar-refractivity contribution in [2.45, 2.75) is 6.61 Å². The minimum Gasteiger partial charge on any atom is -0.489 e. The first-order valence-electron chi connectivity index (χ1n) is 5.56. The van der Waals surface area contributed by atoms with Crippen molar-refractivity contribution in [3.05, 3.63) is 66.4 Å². The van der Waals surface area contributed by atoms with Gasteiger partial charge in [0.2, 0.25) is 0 Å². The van der Waals surface area contributed by atoms with Gasteiger partial charge in [0.15, 0.2) is 0 Å². The second-order valence-corrected chi connectivity index (χ2v) is 3.86. The van der Waals surface area contributed by atoms with Gasteiger partial charge in [-0.3, -0.25) is 0 Å². The van der Waals surface area contributed by atoms with Gasteiger partial charge in [-0.15, -0.1) is 0 Å². The van der Waals surface area contributed by atoms with Crippen molar-refractivity contribution in [3.8, 4) is 5.75 Å². The second-order valence-electron chi connectivity index (χ2n) is 3.86. The van der Waals surface area contributed by atoms with E-state index in [1.165, 1.54) is 0 Å². The van der Waals surface area contributed by atoms with Gasteiger partial charge in [-0.1, -0.05) is 36.4 Å². The first kappa shape index (κ1) is 9.97. The first-order valence-corrected chi connectivity index (χ1v) is 5.56. The maximum Gasteiger partial charge on any atom is 0.134 e. The number of furan rings is 1. The fourth-order valence-electron chi connectivity index (χ4n) is 1.82. The Hall–Kier alpha value is -2.22. The van der Waals surface area contributed by atoms with E-state index in [2.05, 4.69) is 0 Å². The molecule has 0 radical (unpaired) electrons. The number of rotatable bonds is 3. The largest absolute Gasteiger partial charge is 0.489 e. The van der Waals surface area contributed by atoms with Gasteiger partial charge in [0, 0.05) is 10.9 Å². The van der Waals surface area contributed by atoms with Crippen LogP contribution in [0.15, 0.2) is 65.3 Å². The van der Waals surface area contributed by atoms with Crippen molar-refractivity contribution in [3.63, 3.8) is 0 Å². The van der Waals surface area contributed by atoms with Crippen LogP contribution in [0.5, 0.6) is 5.75 Å². The van der Waals surface area contributed by atoms with Crippen LogP contribution in [0.1, 0.15) is 5.56 Å². The third-order valence-corrected chi connectivity index (χ3v) is 2.70. The van der Waals surface area contributed by atoms with Gasteiger partial charge < -0.3 is 9.15 Å². The molecule has 0 spiro atoms. The highest BCUT2D eigenvalue weighted by molar-refractivity contribution is 5.80. The summed E-state index contributed by atoms with van der Waals surface area (Å²) >= 11 is 0. The van der Waals surface area contributed by atoms with Crippen LogP contribution in [-0.4, -0.2) is 0 Å². The van der Waals surface area contributed by atoms with Gasteiger partial charge >= 0.3 is 0 Å². The predicted molar refractivity (Wildman–Crippen MR) is 67.0 cm³/mol. The van der Waals surface area contributed by atoms with Gasteiger partial charge in [-0.05, 0) is 18.2 Å². The van der Waals surface area contributed by atoms with Crippen molar-refractivity contribution >= 4 is 11.0 Å². The van der Waals surface area contributed by atoms with Gasteiger partial charge in [0.1, 0.15) is 17.9 Å². The van der Waals surface area contributed by atoms with Crippen LogP contribution >= 0.6 is 0 Å². The fourth-order valence-corrected chi connectivity index (χ4v) is 1.82. The van der Waals surface area contributed by atoms with Gasteiger partial charge in [0.25, 0.3) is 0 Å². The second kappa shape index (κ2) is 4.34. The van der Waals surface area contributed by atoms with Crippen LogP contribution in [0.2, 0.25) is 0 Å². The molecular formula is C15H12O2. The molecule has 1 aromatic heterocycles. The molecule has 0 saturated heterocycles. The molecule has 0 atom stereocenters. The van der Waals surface area contributed by atoms with Crippen LogP contribution in [0.25, 0.3) is 11.0 Å². The molecule has 3 aromatic rings. The summed E-state index contributed by atoms with van der Waals surface area (Å²) in [6.45, 7) is 0.529. The normalized spacial score (nSPS) is 10.6. The number of hydrogen-bond donors (Lipinski definition) is 0. The Bertz CT molecular complexity index is 611. The number of para-hydroxylation sites is 2. The van der Waals surface area contributed by atoms with Crippen LogP contribution in [-0.2, 0) is 6.61 Å². The highest BCUT2D eigenvalue weighted by atomic mass is 16.5. The summed E-state index contributed by atoms with van der Waals surface area (Å²) in [6.07, 6.45) is 1.76. The predicted octanol–water partition coefficient (Wildman–Crippen LogP) is 4.01. The maximum absolute atomic E-state index is 5.70. The Balaban J connectivity index is 1.82. The lowest BCUT2D eigenvalue weighted by molar-refractivity contribution is 0.306. The SMILES string of the molecule is c1ccc(OCc2coc3ccccc23)cc1. The molecule has 0 aliphatic rings. The number of fused-ring (bicyclic) bond motifs is 1. The van der Waals surface area contributed by atoms with Crippen LogP contribution in [0.4, 0.5) is 0 Å². The van der Waals surface area contributed by atoms with E-state index < -0.39 is 0 Å². The lowest BCUT2D eigenvalue weighted by Gasteiger charge is -2.03. The molecule has 3 rings (SSSR count). The zero-order chi connectivity index (χ0) is 11.5. The van der Waals surface area contributed by atoms with E-state index in [1.54, 1.807) is 6.26 Å². The summed E-state index contributed by atoms with van der Waals surface area (Å²) in [5, 5.41) is 1.11. The van der Waals surface area contributed by atoms with Crippen molar-refractivity contribution in [1.82, 2.24) is 0 Å². The Morgan fingerprint density at radius 1 is 0.882 bits per heavy atom. The van der Waals surface area contributed by atoms with Crippen molar-refractivity contribution < 1.29 is 9.15 Å². The van der Waals surface area contributed by atoms with Crippen molar-refractivity contribution in [2.75, 3.05) is 0 Å². The molecule has 0 aliphatic carbocycles. The quantitative estimate of drug-likeness (QED) is 0.670. The Morgan fingerprint density at radius 2 is 1.65 bits per heavy atom. The molecule has 1 heterocycles. The Labute approximate surface area is 99.4 Å². The monoisotopic (exact) mass is 224 g/mol. The molecule has 0 fully saturated rings. The molecule has 84 valence electrons. The Kier molecular flexibility index (Phi) is 2.54. The molecule has 0 aliphatic heterocycles. The van der Waals surface area contributed by atoms with Gasteiger partial charge in [0.05, 0.1) is 6.26 Å². The van der Waals surface area contributed by atoms with E-state index in [1.807, 2.05) is 54.6 Å². The van der Waals surface area contributed by atoms with Gasteiger partial charge in [-0.25, -0.2) is 0 Å².